The number of benzene rings is 2. The van der Waals surface area contributed by atoms with E-state index in [0.29, 0.717) is 13.0 Å². The van der Waals surface area contributed by atoms with Crippen molar-refractivity contribution in [1.82, 2.24) is 4.31 Å². The van der Waals surface area contributed by atoms with Crippen LogP contribution < -0.4 is 4.90 Å². The first-order valence-electron chi connectivity index (χ1n) is 8.75. The highest BCUT2D eigenvalue weighted by atomic mass is 79.9. The monoisotopic (exact) mass is 454 g/mol. The van der Waals surface area contributed by atoms with Crippen LogP contribution in [0.5, 0.6) is 0 Å². The molecule has 1 saturated heterocycles. The van der Waals surface area contributed by atoms with Gasteiger partial charge in [-0.05, 0) is 48.4 Å². The third kappa shape index (κ3) is 2.99. The van der Waals surface area contributed by atoms with Crippen LogP contribution in [0.3, 0.4) is 0 Å². The summed E-state index contributed by atoms with van der Waals surface area (Å²) in [6.45, 7) is 0.283. The number of nitrogens with zero attached hydrogens (tertiary/aromatic N) is 2. The highest BCUT2D eigenvalue weighted by Crippen LogP contribution is 2.50. The maximum absolute atomic E-state index is 13.6. The van der Waals surface area contributed by atoms with Gasteiger partial charge in [0.05, 0.1) is 23.6 Å². The number of aliphatic hydroxyl groups excluding tert-OH is 1. The third-order valence-electron chi connectivity index (χ3n) is 5.67. The number of rotatable bonds is 3. The number of hydrogen-bond donors (Lipinski definition) is 1. The summed E-state index contributed by atoms with van der Waals surface area (Å²) in [6, 6.07) is 10.3. The molecule has 0 aromatic heterocycles. The Morgan fingerprint density at radius 1 is 1.26 bits per heavy atom. The molecule has 0 saturated carbocycles. The molecule has 144 valence electrons. The Kier molecular flexibility index (Phi) is 4.78. The van der Waals surface area contributed by atoms with Gasteiger partial charge >= 0.3 is 0 Å². The first-order chi connectivity index (χ1) is 12.8. The van der Waals surface area contributed by atoms with Gasteiger partial charge in [-0.15, -0.1) is 0 Å². The summed E-state index contributed by atoms with van der Waals surface area (Å²) in [5.41, 5.74) is 1.80. The lowest BCUT2D eigenvalue weighted by Gasteiger charge is -2.44. The smallest absolute Gasteiger partial charge is 0.243 e. The molecular weight excluding hydrogens is 435 g/mol. The van der Waals surface area contributed by atoms with Gasteiger partial charge < -0.3 is 10.0 Å². The predicted molar refractivity (Wildman–Crippen MR) is 105 cm³/mol. The summed E-state index contributed by atoms with van der Waals surface area (Å²) in [4.78, 5) is 1.99. The molecule has 0 bridgehead atoms. The lowest BCUT2D eigenvalue weighted by atomic mass is 9.82. The van der Waals surface area contributed by atoms with Crippen molar-refractivity contribution in [3.8, 4) is 0 Å². The van der Waals surface area contributed by atoms with E-state index in [0.717, 1.165) is 21.8 Å². The van der Waals surface area contributed by atoms with Gasteiger partial charge in [-0.25, -0.2) is 12.8 Å². The lowest BCUT2D eigenvalue weighted by molar-refractivity contribution is 0.193. The zero-order valence-corrected chi connectivity index (χ0v) is 17.1. The molecule has 1 N–H and O–H groups in total. The van der Waals surface area contributed by atoms with Crippen LogP contribution in [0.4, 0.5) is 10.1 Å². The standard InChI is InChI=1S/C19H20BrFN2O3S/c1-22-17-6-5-12(20)9-16(17)19-15(18(22)11-24)7-8-23(19)27(25,26)14-4-2-3-13(21)10-14/h2-6,9-10,15,18-19,24H,7-8,11H2,1H3/t15-,18+,19-/m0/s1. The van der Waals surface area contributed by atoms with Crippen LogP contribution in [0.2, 0.25) is 0 Å². The van der Waals surface area contributed by atoms with E-state index >= 15 is 0 Å². The van der Waals surface area contributed by atoms with E-state index in [1.807, 2.05) is 30.1 Å². The summed E-state index contributed by atoms with van der Waals surface area (Å²) in [5.74, 6) is -0.614. The second kappa shape index (κ2) is 6.84. The minimum Gasteiger partial charge on any atom is -0.394 e. The van der Waals surface area contributed by atoms with Crippen molar-refractivity contribution >= 4 is 31.6 Å². The van der Waals surface area contributed by atoms with E-state index in [-0.39, 0.29) is 29.5 Å². The Morgan fingerprint density at radius 3 is 2.74 bits per heavy atom. The van der Waals surface area contributed by atoms with Crippen LogP contribution in [-0.2, 0) is 10.0 Å². The van der Waals surface area contributed by atoms with E-state index < -0.39 is 15.8 Å². The minimum atomic E-state index is -3.86. The number of hydrogen-bond acceptors (Lipinski definition) is 4. The predicted octanol–water partition coefficient (Wildman–Crippen LogP) is 3.15. The molecular formula is C19H20BrFN2O3S. The van der Waals surface area contributed by atoms with Gasteiger partial charge in [0.2, 0.25) is 10.0 Å². The molecule has 2 aliphatic rings. The zero-order valence-electron chi connectivity index (χ0n) is 14.7. The molecule has 8 heteroatoms. The molecule has 0 spiro atoms. The fourth-order valence-electron chi connectivity index (χ4n) is 4.42. The van der Waals surface area contributed by atoms with Gasteiger partial charge in [0.15, 0.2) is 0 Å². The highest BCUT2D eigenvalue weighted by molar-refractivity contribution is 9.10. The molecule has 0 radical (unpaired) electrons. The van der Waals surface area contributed by atoms with Crippen LogP contribution in [0.1, 0.15) is 18.0 Å². The van der Waals surface area contributed by atoms with Crippen molar-refractivity contribution in [2.45, 2.75) is 23.4 Å². The summed E-state index contributed by atoms with van der Waals surface area (Å²) < 4.78 is 42.5. The van der Waals surface area contributed by atoms with Crippen LogP contribution in [0.25, 0.3) is 0 Å². The van der Waals surface area contributed by atoms with Crippen molar-refractivity contribution in [3.05, 3.63) is 58.3 Å². The quantitative estimate of drug-likeness (QED) is 0.773. The molecule has 0 aliphatic carbocycles. The molecule has 3 atom stereocenters. The van der Waals surface area contributed by atoms with Gasteiger partial charge in [-0.1, -0.05) is 22.0 Å². The Balaban J connectivity index is 1.85. The average Bonchev–Trinajstić information content (AvgIpc) is 3.08. The van der Waals surface area contributed by atoms with E-state index in [2.05, 4.69) is 15.9 Å². The van der Waals surface area contributed by atoms with Crippen LogP contribution in [0, 0.1) is 11.7 Å². The van der Waals surface area contributed by atoms with Crippen molar-refractivity contribution in [2.75, 3.05) is 25.1 Å². The number of fused-ring (bicyclic) bond motifs is 3. The van der Waals surface area contributed by atoms with Crippen LogP contribution >= 0.6 is 15.9 Å². The molecule has 0 unspecified atom stereocenters. The normalized spacial score (nSPS) is 25.3. The Labute approximate surface area is 166 Å². The van der Waals surface area contributed by atoms with E-state index in [1.54, 1.807) is 0 Å². The number of anilines is 1. The molecule has 27 heavy (non-hydrogen) atoms. The Hall–Kier alpha value is -1.48. The largest absolute Gasteiger partial charge is 0.394 e. The summed E-state index contributed by atoms with van der Waals surface area (Å²) >= 11 is 3.48. The van der Waals surface area contributed by atoms with E-state index in [9.17, 15) is 17.9 Å². The molecule has 2 aromatic carbocycles. The van der Waals surface area contributed by atoms with Crippen LogP contribution in [0.15, 0.2) is 51.8 Å². The highest BCUT2D eigenvalue weighted by Gasteiger charge is 2.50. The number of halogens is 2. The van der Waals surface area contributed by atoms with Crippen molar-refractivity contribution in [3.63, 3.8) is 0 Å². The molecule has 2 heterocycles. The maximum atomic E-state index is 13.6. The second-order valence-electron chi connectivity index (χ2n) is 7.03. The molecule has 0 amide bonds. The topological polar surface area (TPSA) is 60.9 Å². The number of sulfonamides is 1. The molecule has 1 fully saturated rings. The van der Waals surface area contributed by atoms with Gasteiger partial charge in [0.1, 0.15) is 5.82 Å². The summed E-state index contributed by atoms with van der Waals surface area (Å²) in [6.07, 6.45) is 0.640. The Morgan fingerprint density at radius 2 is 2.04 bits per heavy atom. The van der Waals surface area contributed by atoms with Crippen molar-refractivity contribution in [2.24, 2.45) is 5.92 Å². The lowest BCUT2D eigenvalue weighted by Crippen LogP contribution is -2.48. The number of aliphatic hydroxyl groups is 1. The summed E-state index contributed by atoms with van der Waals surface area (Å²) in [7, 11) is -1.93. The van der Waals surface area contributed by atoms with Crippen molar-refractivity contribution < 1.29 is 17.9 Å². The maximum Gasteiger partial charge on any atom is 0.243 e. The molecule has 2 aromatic rings. The second-order valence-corrected chi connectivity index (χ2v) is 9.84. The first-order valence-corrected chi connectivity index (χ1v) is 11.0. The summed E-state index contributed by atoms with van der Waals surface area (Å²) in [5, 5.41) is 9.96. The van der Waals surface area contributed by atoms with E-state index in [4.69, 9.17) is 0 Å². The average molecular weight is 455 g/mol. The molecule has 2 aliphatic heterocycles. The first kappa shape index (κ1) is 18.9. The minimum absolute atomic E-state index is 0.0369. The molecule has 4 rings (SSSR count). The fraction of sp³-hybridized carbons (Fsp3) is 0.368. The molecule has 5 nitrogen and oxygen atoms in total. The zero-order chi connectivity index (χ0) is 19.3. The van der Waals surface area contributed by atoms with Gasteiger partial charge in [-0.3, -0.25) is 0 Å². The SMILES string of the molecule is CN1c2ccc(Br)cc2[C@@H]2[C@@H](CCN2S(=O)(=O)c2cccc(F)c2)[C@H]1CO. The van der Waals surface area contributed by atoms with Crippen LogP contribution in [-0.4, -0.2) is 44.1 Å². The van der Waals surface area contributed by atoms with Crippen molar-refractivity contribution in [1.29, 1.82) is 0 Å². The van der Waals surface area contributed by atoms with E-state index in [1.165, 1.54) is 22.5 Å². The Bertz CT molecular complexity index is 985. The fourth-order valence-corrected chi connectivity index (χ4v) is 6.49. The van der Waals surface area contributed by atoms with Gasteiger partial charge in [-0.2, -0.15) is 4.31 Å². The van der Waals surface area contributed by atoms with Gasteiger partial charge in [0.25, 0.3) is 0 Å². The third-order valence-corrected chi connectivity index (χ3v) is 8.04. The number of likely N-dealkylation sites (N-methyl/N-ethyl adjacent to an activating group) is 1. The van der Waals surface area contributed by atoms with Gasteiger partial charge in [0, 0.05) is 29.7 Å².